The quantitative estimate of drug-likeness (QED) is 0.539. The van der Waals surface area contributed by atoms with Crippen molar-refractivity contribution in [1.82, 2.24) is 19.2 Å². The van der Waals surface area contributed by atoms with Gasteiger partial charge in [0.2, 0.25) is 21.7 Å². The van der Waals surface area contributed by atoms with Gasteiger partial charge in [-0.2, -0.15) is 0 Å². The third kappa shape index (κ3) is 4.13. The second-order valence-corrected chi connectivity index (χ2v) is 9.90. The Kier molecular flexibility index (Phi) is 6.11. The van der Waals surface area contributed by atoms with Crippen LogP contribution in [0.4, 0.5) is 16.0 Å². The summed E-state index contributed by atoms with van der Waals surface area (Å²) < 4.78 is 41.1. The van der Waals surface area contributed by atoms with Crippen molar-refractivity contribution in [3.05, 3.63) is 76.0 Å². The van der Waals surface area contributed by atoms with Crippen molar-refractivity contribution in [2.24, 2.45) is 0 Å². The summed E-state index contributed by atoms with van der Waals surface area (Å²) in [5.74, 6) is -2.23. The van der Waals surface area contributed by atoms with Crippen LogP contribution in [0.25, 0.3) is 0 Å². The van der Waals surface area contributed by atoms with E-state index < -0.39 is 38.8 Å². The molecule has 3 aromatic rings. The van der Waals surface area contributed by atoms with E-state index in [4.69, 9.17) is 0 Å². The number of halogens is 1. The number of carbonyl (C=O) groups is 1. The Labute approximate surface area is 194 Å². The molecule has 0 atom stereocenters. The molecule has 178 valence electrons. The molecule has 0 unspecified atom stereocenters. The van der Waals surface area contributed by atoms with Gasteiger partial charge in [0.25, 0.3) is 11.5 Å². The average molecular weight is 488 g/mol. The molecule has 0 spiro atoms. The largest absolute Gasteiger partial charge is 0.501 e. The molecule has 0 fully saturated rings. The van der Waals surface area contributed by atoms with Gasteiger partial charge in [-0.25, -0.2) is 22.1 Å². The first-order chi connectivity index (χ1) is 16.1. The number of rotatable bonds is 6. The van der Waals surface area contributed by atoms with E-state index in [1.54, 1.807) is 4.90 Å². The summed E-state index contributed by atoms with van der Waals surface area (Å²) in [5.41, 5.74) is -0.348. The van der Waals surface area contributed by atoms with Crippen LogP contribution in [0.1, 0.15) is 16.1 Å². The first kappa shape index (κ1) is 23.4. The van der Waals surface area contributed by atoms with Crippen LogP contribution in [0.3, 0.4) is 0 Å². The van der Waals surface area contributed by atoms with E-state index in [9.17, 15) is 27.5 Å². The minimum atomic E-state index is -3.99. The third-order valence-electron chi connectivity index (χ3n) is 5.42. The molecular weight excluding hydrogens is 465 g/mol. The fourth-order valence-electron chi connectivity index (χ4n) is 3.62. The number of hydrogen-bond donors (Lipinski definition) is 2. The molecule has 34 heavy (non-hydrogen) atoms. The first-order valence-electron chi connectivity index (χ1n) is 10.3. The number of nitrogens with one attached hydrogen (secondary N) is 1. The Hall–Kier alpha value is -3.77. The topological polar surface area (TPSA) is 125 Å². The standard InChI is InChI=1S/C22H22FN5O5S/c1-26(2)34(32,33)17-12-15(23)9-8-14(17)13-24-20(30)18-19(29)21(31)28-11-10-27(22(28)25-18)16-6-4-3-5-7-16/h3-9,12,29H,10-11,13H2,1-2H3,(H,24,30). The molecule has 2 heterocycles. The van der Waals surface area contributed by atoms with E-state index >= 15 is 0 Å². The minimum Gasteiger partial charge on any atom is -0.501 e. The summed E-state index contributed by atoms with van der Waals surface area (Å²) in [6.45, 7) is 0.411. The number of hydrogen-bond acceptors (Lipinski definition) is 7. The molecule has 1 amide bonds. The predicted molar refractivity (Wildman–Crippen MR) is 122 cm³/mol. The van der Waals surface area contributed by atoms with Crippen LogP contribution >= 0.6 is 0 Å². The fourth-order valence-corrected chi connectivity index (χ4v) is 4.75. The molecule has 0 saturated carbocycles. The first-order valence-corrected chi connectivity index (χ1v) is 11.7. The molecule has 12 heteroatoms. The van der Waals surface area contributed by atoms with Gasteiger partial charge in [0, 0.05) is 39.4 Å². The van der Waals surface area contributed by atoms with Gasteiger partial charge < -0.3 is 15.3 Å². The number of sulfonamides is 1. The van der Waals surface area contributed by atoms with E-state index in [1.165, 1.54) is 24.7 Å². The monoisotopic (exact) mass is 487 g/mol. The molecule has 2 N–H and O–H groups in total. The summed E-state index contributed by atoms with van der Waals surface area (Å²) in [4.78, 5) is 31.2. The van der Waals surface area contributed by atoms with Crippen molar-refractivity contribution in [2.45, 2.75) is 18.0 Å². The van der Waals surface area contributed by atoms with Gasteiger partial charge in [-0.3, -0.25) is 14.2 Å². The van der Waals surface area contributed by atoms with Crippen LogP contribution in [0, 0.1) is 5.82 Å². The molecule has 2 aromatic carbocycles. The molecule has 10 nitrogen and oxygen atoms in total. The molecule has 0 radical (unpaired) electrons. The molecular formula is C22H22FN5O5S. The Bertz CT molecular complexity index is 1420. The lowest BCUT2D eigenvalue weighted by atomic mass is 10.2. The van der Waals surface area contributed by atoms with Gasteiger partial charge in [-0.15, -0.1) is 0 Å². The Morgan fingerprint density at radius 3 is 2.56 bits per heavy atom. The number of amides is 1. The highest BCUT2D eigenvalue weighted by Crippen LogP contribution is 2.28. The van der Waals surface area contributed by atoms with E-state index in [0.717, 1.165) is 22.1 Å². The molecule has 1 aliphatic rings. The van der Waals surface area contributed by atoms with Crippen molar-refractivity contribution in [1.29, 1.82) is 0 Å². The van der Waals surface area contributed by atoms with Crippen molar-refractivity contribution in [2.75, 3.05) is 25.5 Å². The maximum Gasteiger partial charge on any atom is 0.298 e. The average Bonchev–Trinajstić information content (AvgIpc) is 3.25. The summed E-state index contributed by atoms with van der Waals surface area (Å²) in [6, 6.07) is 12.3. The highest BCUT2D eigenvalue weighted by molar-refractivity contribution is 7.89. The third-order valence-corrected chi connectivity index (χ3v) is 7.32. The van der Waals surface area contributed by atoms with Crippen LogP contribution in [0.15, 0.2) is 58.2 Å². The zero-order valence-electron chi connectivity index (χ0n) is 18.4. The van der Waals surface area contributed by atoms with Crippen molar-refractivity contribution in [3.8, 4) is 5.75 Å². The Morgan fingerprint density at radius 2 is 1.88 bits per heavy atom. The van der Waals surface area contributed by atoms with Gasteiger partial charge >= 0.3 is 0 Å². The second kappa shape index (κ2) is 8.88. The van der Waals surface area contributed by atoms with Gasteiger partial charge in [0.15, 0.2) is 5.69 Å². The van der Waals surface area contributed by atoms with Crippen molar-refractivity contribution in [3.63, 3.8) is 0 Å². The van der Waals surface area contributed by atoms with Crippen LogP contribution in [-0.2, 0) is 23.1 Å². The Morgan fingerprint density at radius 1 is 1.18 bits per heavy atom. The normalized spacial score (nSPS) is 13.2. The predicted octanol–water partition coefficient (Wildman–Crippen LogP) is 1.42. The maximum atomic E-state index is 13.8. The lowest BCUT2D eigenvalue weighted by Gasteiger charge is -2.18. The Balaban J connectivity index is 1.65. The van der Waals surface area contributed by atoms with Gasteiger partial charge in [0.1, 0.15) is 5.82 Å². The molecule has 0 aliphatic carbocycles. The zero-order valence-corrected chi connectivity index (χ0v) is 19.2. The molecule has 1 aromatic heterocycles. The van der Waals surface area contributed by atoms with Crippen LogP contribution in [-0.4, -0.2) is 53.9 Å². The lowest BCUT2D eigenvalue weighted by molar-refractivity contribution is 0.0942. The van der Waals surface area contributed by atoms with E-state index in [1.807, 2.05) is 30.3 Å². The fraction of sp³-hybridized carbons (Fsp3) is 0.227. The minimum absolute atomic E-state index is 0.131. The number of benzene rings is 2. The SMILES string of the molecule is CN(C)S(=O)(=O)c1cc(F)ccc1CNC(=O)c1nc2n(c(=O)c1O)CCN2c1ccccc1. The second-order valence-electron chi connectivity index (χ2n) is 7.78. The number of aromatic hydroxyl groups is 1. The molecule has 0 saturated heterocycles. The maximum absolute atomic E-state index is 13.8. The molecule has 4 rings (SSSR count). The van der Waals surface area contributed by atoms with Gasteiger partial charge in [-0.1, -0.05) is 24.3 Å². The van der Waals surface area contributed by atoms with Crippen LogP contribution < -0.4 is 15.8 Å². The number of anilines is 2. The van der Waals surface area contributed by atoms with Crippen LogP contribution in [0.5, 0.6) is 5.75 Å². The zero-order chi connectivity index (χ0) is 24.6. The molecule has 0 bridgehead atoms. The van der Waals surface area contributed by atoms with E-state index in [-0.39, 0.29) is 29.5 Å². The van der Waals surface area contributed by atoms with Gasteiger partial charge in [0.05, 0.1) is 4.90 Å². The van der Waals surface area contributed by atoms with Crippen molar-refractivity contribution < 1.29 is 22.7 Å². The van der Waals surface area contributed by atoms with Gasteiger partial charge in [-0.05, 0) is 29.8 Å². The lowest BCUT2D eigenvalue weighted by Crippen LogP contribution is -2.30. The highest BCUT2D eigenvalue weighted by atomic mass is 32.2. The summed E-state index contributed by atoms with van der Waals surface area (Å²) in [7, 11) is -1.37. The number of fused-ring (bicyclic) bond motifs is 1. The number of aromatic nitrogens is 2. The van der Waals surface area contributed by atoms with Crippen LogP contribution in [0.2, 0.25) is 0 Å². The van der Waals surface area contributed by atoms with E-state index in [0.29, 0.717) is 6.54 Å². The number of carbonyl (C=O) groups excluding carboxylic acids is 1. The highest BCUT2D eigenvalue weighted by Gasteiger charge is 2.29. The summed E-state index contributed by atoms with van der Waals surface area (Å²) >= 11 is 0. The van der Waals surface area contributed by atoms with E-state index in [2.05, 4.69) is 10.3 Å². The number of para-hydroxylation sites is 1. The van der Waals surface area contributed by atoms with Crippen molar-refractivity contribution >= 4 is 27.6 Å². The summed E-state index contributed by atoms with van der Waals surface area (Å²) in [6.07, 6.45) is 0. The smallest absolute Gasteiger partial charge is 0.298 e. The summed E-state index contributed by atoms with van der Waals surface area (Å²) in [5, 5.41) is 12.8. The molecule has 1 aliphatic heterocycles. The number of nitrogens with zero attached hydrogens (tertiary/aromatic N) is 4.